The van der Waals surface area contributed by atoms with Crippen molar-refractivity contribution in [2.45, 2.75) is 20.8 Å². The van der Waals surface area contributed by atoms with Crippen molar-refractivity contribution in [1.82, 2.24) is 15.0 Å². The van der Waals surface area contributed by atoms with Crippen molar-refractivity contribution < 1.29 is 22.0 Å². The van der Waals surface area contributed by atoms with Gasteiger partial charge in [0.05, 0.1) is 0 Å². The van der Waals surface area contributed by atoms with Crippen molar-refractivity contribution in [1.29, 1.82) is 0 Å². The molecule has 0 aliphatic rings. The van der Waals surface area contributed by atoms with E-state index in [-0.39, 0.29) is 11.6 Å². The van der Waals surface area contributed by atoms with Gasteiger partial charge in [-0.3, -0.25) is 0 Å². The Morgan fingerprint density at radius 3 is 0.875 bits per heavy atom. The molecule has 0 bridgehead atoms. The van der Waals surface area contributed by atoms with E-state index in [1.807, 2.05) is 48.5 Å². The Hall–Kier alpha value is -15.5. The number of halogens is 2. The second-order valence-electron chi connectivity index (χ2n) is 31.7. The lowest BCUT2D eigenvalue weighted by molar-refractivity contribution is 0.620. The van der Waals surface area contributed by atoms with Crippen LogP contribution < -0.4 is 0 Å². The molecule has 8 heteroatoms. The van der Waals surface area contributed by atoms with Gasteiger partial charge in [-0.25, -0.2) is 23.7 Å². The van der Waals surface area contributed by atoms with Crippen LogP contribution in [0.3, 0.4) is 0 Å². The lowest BCUT2D eigenvalue weighted by atomic mass is 9.88. The summed E-state index contributed by atoms with van der Waals surface area (Å²) in [5.74, 6) is 1.32. The third-order valence-corrected chi connectivity index (χ3v) is 24.4. The standard InChI is InChI=1S/C40H25NO.2C36H22FNO/c1-24-9-11-26(12-10-24)32-18-13-27-15-20-34-35(21-16-28-14-19-33(32)38(27)39(28)34)40-41-36-23-29(17-22-37(36)42-40)31-8-4-6-25-5-2-3-7-30(25)31;1-21-2-4-23(5-3-21)28-15-8-24-10-17-30-31(18-11-25-9-16-29(28)34(24)35(25)30)36-38-32-20-26(12-19-33(32)39-36)22-6-13-27(37)14-7-22;1-21-5-7-22(8-6-21)28-14-9-23-11-16-30-31(17-12-24-10-15-29(28)34(23)35(24)30)36-38-32-20-26(13-18-33(32)39-36)25-3-2-4-27(37)19-25/h2-23H,1H3;2*2-20H,1H3. The zero-order chi connectivity index (χ0) is 80.0. The second-order valence-corrected chi connectivity index (χ2v) is 31.7. The summed E-state index contributed by atoms with van der Waals surface area (Å²) in [5.41, 5.74) is 24.7. The molecule has 6 nitrogen and oxygen atoms in total. The van der Waals surface area contributed by atoms with E-state index in [4.69, 9.17) is 28.2 Å². The molecule has 3 heterocycles. The molecule has 0 saturated carbocycles. The average molecular weight is 1540 g/mol. The smallest absolute Gasteiger partial charge is 0.227 e. The van der Waals surface area contributed by atoms with Crippen LogP contribution in [0, 0.1) is 32.4 Å². The summed E-state index contributed by atoms with van der Waals surface area (Å²) in [4.78, 5) is 14.8. The van der Waals surface area contributed by atoms with Crippen LogP contribution in [0.4, 0.5) is 8.78 Å². The summed E-state index contributed by atoms with van der Waals surface area (Å²) in [7, 11) is 0. The fraction of sp³-hybridized carbons (Fsp3) is 0.0268. The van der Waals surface area contributed by atoms with Gasteiger partial charge in [0.1, 0.15) is 28.2 Å². The van der Waals surface area contributed by atoms with Crippen LogP contribution >= 0.6 is 0 Å². The van der Waals surface area contributed by atoms with Crippen LogP contribution in [0.25, 0.3) is 242 Å². The monoisotopic (exact) mass is 1540 g/mol. The first-order valence-electron chi connectivity index (χ1n) is 40.5. The summed E-state index contributed by atoms with van der Waals surface area (Å²) in [6.07, 6.45) is 0. The van der Waals surface area contributed by atoms with Gasteiger partial charge >= 0.3 is 0 Å². The van der Waals surface area contributed by atoms with Crippen molar-refractivity contribution in [3.8, 4) is 101 Å². The minimum atomic E-state index is -0.257. The lowest BCUT2D eigenvalue weighted by Crippen LogP contribution is -1.89. The van der Waals surface area contributed by atoms with Crippen LogP contribution in [0.5, 0.6) is 0 Å². The van der Waals surface area contributed by atoms with Crippen molar-refractivity contribution in [2.75, 3.05) is 0 Å². The van der Waals surface area contributed by atoms with E-state index in [1.54, 1.807) is 18.2 Å². The van der Waals surface area contributed by atoms with E-state index < -0.39 is 0 Å². The number of aromatic nitrogens is 3. The molecule has 0 unspecified atom stereocenters. The van der Waals surface area contributed by atoms with Crippen molar-refractivity contribution >= 4 is 141 Å². The molecular weight excluding hydrogens is 1470 g/mol. The Morgan fingerprint density at radius 1 is 0.192 bits per heavy atom. The third kappa shape index (κ3) is 11.8. The van der Waals surface area contributed by atoms with Gasteiger partial charge in [0.15, 0.2) is 16.7 Å². The molecule has 22 aromatic carbocycles. The van der Waals surface area contributed by atoms with Gasteiger partial charge in [-0.1, -0.05) is 302 Å². The molecule has 0 atom stereocenters. The molecule has 0 fully saturated rings. The first-order chi connectivity index (χ1) is 58.9. The van der Waals surface area contributed by atoms with Crippen LogP contribution in [0.2, 0.25) is 0 Å². The van der Waals surface area contributed by atoms with Gasteiger partial charge in [0, 0.05) is 16.7 Å². The molecule has 25 rings (SSSR count). The molecule has 25 aromatic rings. The predicted octanol–water partition coefficient (Wildman–Crippen LogP) is 31.5. The van der Waals surface area contributed by atoms with Gasteiger partial charge in [0.2, 0.25) is 17.7 Å². The molecule has 0 radical (unpaired) electrons. The Labute approximate surface area is 687 Å². The zero-order valence-corrected chi connectivity index (χ0v) is 65.5. The first-order valence-corrected chi connectivity index (χ1v) is 40.5. The third-order valence-electron chi connectivity index (χ3n) is 24.4. The number of oxazole rings is 3. The number of rotatable bonds is 9. The Kier molecular flexibility index (Phi) is 16.2. The molecule has 0 N–H and O–H groups in total. The maximum absolute atomic E-state index is 13.8. The highest BCUT2D eigenvalue weighted by Gasteiger charge is 2.24. The van der Waals surface area contributed by atoms with E-state index in [0.29, 0.717) is 23.3 Å². The highest BCUT2D eigenvalue weighted by atomic mass is 19.1. The maximum atomic E-state index is 13.8. The fourth-order valence-electron chi connectivity index (χ4n) is 18.4. The van der Waals surface area contributed by atoms with Crippen LogP contribution in [0.1, 0.15) is 16.7 Å². The molecule has 0 aliphatic heterocycles. The average Bonchev–Trinajstić information content (AvgIpc) is 0.924. The maximum Gasteiger partial charge on any atom is 0.227 e. The lowest BCUT2D eigenvalue weighted by Gasteiger charge is -2.15. The van der Waals surface area contributed by atoms with E-state index in [2.05, 4.69) is 294 Å². The molecule has 120 heavy (non-hydrogen) atoms. The highest BCUT2D eigenvalue weighted by molar-refractivity contribution is 6.30. The Balaban J connectivity index is 0.000000105. The van der Waals surface area contributed by atoms with Gasteiger partial charge in [-0.05, 0) is 274 Å². The molecular formula is C112H69F2N3O3. The Bertz CT molecular complexity index is 8380. The van der Waals surface area contributed by atoms with Gasteiger partial charge < -0.3 is 13.3 Å². The zero-order valence-electron chi connectivity index (χ0n) is 65.5. The number of hydrogen-bond donors (Lipinski definition) is 0. The Morgan fingerprint density at radius 2 is 0.483 bits per heavy atom. The quantitative estimate of drug-likeness (QED) is 0.134. The highest BCUT2D eigenvalue weighted by Crippen LogP contribution is 2.48. The minimum Gasteiger partial charge on any atom is -0.436 e. The first kappa shape index (κ1) is 69.9. The minimum absolute atomic E-state index is 0.247. The number of aryl methyl sites for hydroxylation is 3. The molecule has 3 aromatic heterocycles. The largest absolute Gasteiger partial charge is 0.436 e. The van der Waals surface area contributed by atoms with Crippen LogP contribution in [-0.4, -0.2) is 15.0 Å². The van der Waals surface area contributed by atoms with Gasteiger partial charge in [0.25, 0.3) is 0 Å². The number of fused-ring (bicyclic) bond motifs is 4. The molecule has 564 valence electrons. The fourth-order valence-corrected chi connectivity index (χ4v) is 18.4. The second kappa shape index (κ2) is 27.9. The molecule has 0 saturated heterocycles. The van der Waals surface area contributed by atoms with Crippen LogP contribution in [-0.2, 0) is 0 Å². The van der Waals surface area contributed by atoms with Crippen LogP contribution in [0.15, 0.2) is 377 Å². The SMILES string of the molecule is Cc1ccc(-c2ccc3ccc4c(-c5nc6cc(-c7ccc(F)cc7)ccc6o5)ccc5ccc2c3c54)cc1.Cc1ccc(-c2ccc3ccc4c(-c5nc6cc(-c7cccc(F)c7)ccc6o5)ccc5ccc2c3c54)cc1.Cc1ccc(-c2ccc3ccc4c(-c5nc6cc(-c7cccc8ccccc78)ccc6o5)ccc5ccc2c3c54)cc1. The van der Waals surface area contributed by atoms with Crippen molar-refractivity contribution in [2.24, 2.45) is 0 Å². The summed E-state index contributed by atoms with van der Waals surface area (Å²) >= 11 is 0. The number of benzene rings is 22. The van der Waals surface area contributed by atoms with E-state index in [0.717, 1.165) is 88.4 Å². The van der Waals surface area contributed by atoms with Crippen molar-refractivity contribution in [3.63, 3.8) is 0 Å². The van der Waals surface area contributed by atoms with Crippen molar-refractivity contribution in [3.05, 3.63) is 392 Å². The van der Waals surface area contributed by atoms with E-state index in [9.17, 15) is 8.78 Å². The summed E-state index contributed by atoms with van der Waals surface area (Å²) in [6.45, 7) is 6.36. The number of hydrogen-bond acceptors (Lipinski definition) is 6. The topological polar surface area (TPSA) is 78.1 Å². The summed E-state index contributed by atoms with van der Waals surface area (Å²) < 4.78 is 46.2. The molecule has 0 aliphatic carbocycles. The number of nitrogens with zero attached hydrogens (tertiary/aromatic N) is 3. The van der Waals surface area contributed by atoms with Gasteiger partial charge in [-0.15, -0.1) is 0 Å². The molecule has 0 spiro atoms. The summed E-state index contributed by atoms with van der Waals surface area (Å²) in [5, 5.41) is 24.4. The summed E-state index contributed by atoms with van der Waals surface area (Å²) in [6, 6.07) is 125. The van der Waals surface area contributed by atoms with E-state index >= 15 is 0 Å². The predicted molar refractivity (Wildman–Crippen MR) is 494 cm³/mol. The van der Waals surface area contributed by atoms with E-state index in [1.165, 1.54) is 171 Å². The van der Waals surface area contributed by atoms with Gasteiger partial charge in [-0.2, -0.15) is 0 Å². The molecule has 0 amide bonds. The normalized spacial score (nSPS) is 11.9.